The molecule has 0 saturated carbocycles. The summed E-state index contributed by atoms with van der Waals surface area (Å²) in [7, 11) is -6.77. The van der Waals surface area contributed by atoms with Crippen molar-refractivity contribution in [2.24, 2.45) is 0 Å². The first-order valence-corrected chi connectivity index (χ1v) is 25.4. The van der Waals surface area contributed by atoms with Crippen LogP contribution in [-0.4, -0.2) is 37.1 Å². The highest BCUT2D eigenvalue weighted by Gasteiger charge is 2.34. The van der Waals surface area contributed by atoms with Crippen LogP contribution in [0.1, 0.15) is 182 Å². The minimum Gasteiger partial charge on any atom is -0.420 e. The van der Waals surface area contributed by atoms with E-state index in [1.165, 1.54) is 178 Å². The van der Waals surface area contributed by atoms with Crippen LogP contribution in [0.5, 0.6) is 0 Å². The third-order valence-electron chi connectivity index (χ3n) is 8.39. The largest absolute Gasteiger partial charge is 0.420 e. The number of unbranched alkanes of at least 4 members (excludes halogenated alkanes) is 20. The molecule has 8 heteroatoms. The van der Waals surface area contributed by atoms with Crippen molar-refractivity contribution in [3.8, 4) is 0 Å². The second-order valence-electron chi connectivity index (χ2n) is 12.5. The van der Waals surface area contributed by atoms with Gasteiger partial charge in [0.2, 0.25) is 0 Å². The maximum absolute atomic E-state index is 6.95. The van der Waals surface area contributed by atoms with E-state index >= 15 is 0 Å². The van der Waals surface area contributed by atoms with Gasteiger partial charge >= 0.3 is 37.1 Å². The molecule has 1 rings (SSSR count). The Morgan fingerprint density at radius 3 is 0.625 bits per heavy atom. The first-order valence-electron chi connectivity index (χ1n) is 18.3. The highest BCUT2D eigenvalue weighted by atomic mass is 28.5. The Morgan fingerprint density at radius 2 is 0.425 bits per heavy atom. The van der Waals surface area contributed by atoms with Gasteiger partial charge in [0.25, 0.3) is 0 Å². The minimum absolute atomic E-state index is 1.17. The number of hydrogen-bond acceptors (Lipinski definition) is 4. The molecule has 1 saturated heterocycles. The van der Waals surface area contributed by atoms with Gasteiger partial charge in [-0.3, -0.25) is 0 Å². The molecule has 0 N–H and O–H groups in total. The van der Waals surface area contributed by atoms with Gasteiger partial charge in [-0.15, -0.1) is 0 Å². The number of rotatable bonds is 28. The Hall–Kier alpha value is 0.708. The zero-order valence-corrected chi connectivity index (χ0v) is 32.4. The molecule has 4 nitrogen and oxygen atoms in total. The van der Waals surface area contributed by atoms with Crippen molar-refractivity contribution in [2.75, 3.05) is 0 Å². The Morgan fingerprint density at radius 1 is 0.250 bits per heavy atom. The molecule has 1 heterocycles. The molecule has 0 radical (unpaired) electrons. The van der Waals surface area contributed by atoms with Crippen molar-refractivity contribution < 1.29 is 16.5 Å². The molecule has 40 heavy (non-hydrogen) atoms. The molecule has 0 aromatic rings. The topological polar surface area (TPSA) is 36.9 Å². The second kappa shape index (κ2) is 29.8. The summed E-state index contributed by atoms with van der Waals surface area (Å²) in [6.07, 6.45) is 32.2. The third-order valence-corrected chi connectivity index (χ3v) is 21.6. The molecule has 0 aromatic carbocycles. The first-order chi connectivity index (χ1) is 19.7. The normalized spacial score (nSPS) is 21.9. The molecule has 240 valence electrons. The highest BCUT2D eigenvalue weighted by molar-refractivity contribution is 6.73. The van der Waals surface area contributed by atoms with E-state index in [0.29, 0.717) is 0 Å². The van der Waals surface area contributed by atoms with Crippen molar-refractivity contribution in [2.45, 2.75) is 206 Å². The molecule has 0 amide bonds. The van der Waals surface area contributed by atoms with Crippen LogP contribution in [0.25, 0.3) is 0 Å². The van der Waals surface area contributed by atoms with Gasteiger partial charge in [-0.25, -0.2) is 0 Å². The SMILES string of the molecule is CCCCCCCC[SiH]1O[SiH](CCCCCCCC)O[SiH](CCCCCCCC)O[SiH](CCCCCCCC)O1. The van der Waals surface area contributed by atoms with Gasteiger partial charge in [-0.05, 0) is 24.2 Å². The molecule has 0 atom stereocenters. The zero-order valence-electron chi connectivity index (χ0n) is 27.7. The first kappa shape index (κ1) is 38.7. The van der Waals surface area contributed by atoms with E-state index in [2.05, 4.69) is 27.7 Å². The van der Waals surface area contributed by atoms with E-state index in [4.69, 9.17) is 16.5 Å². The predicted octanol–water partition coefficient (Wildman–Crippen LogP) is 10.4. The quantitative estimate of drug-likeness (QED) is 0.0635. The van der Waals surface area contributed by atoms with Crippen LogP contribution in [0, 0.1) is 0 Å². The van der Waals surface area contributed by atoms with Gasteiger partial charge in [0.15, 0.2) is 0 Å². The lowest BCUT2D eigenvalue weighted by molar-refractivity contribution is 0.275. The van der Waals surface area contributed by atoms with E-state index in [9.17, 15) is 0 Å². The predicted molar refractivity (Wildman–Crippen MR) is 186 cm³/mol. The van der Waals surface area contributed by atoms with Crippen LogP contribution in [-0.2, 0) is 16.5 Å². The van der Waals surface area contributed by atoms with Gasteiger partial charge in [0.05, 0.1) is 0 Å². The van der Waals surface area contributed by atoms with Crippen LogP contribution in [0.3, 0.4) is 0 Å². The monoisotopic (exact) mass is 632 g/mol. The van der Waals surface area contributed by atoms with Gasteiger partial charge in [0, 0.05) is 0 Å². The summed E-state index contributed by atoms with van der Waals surface area (Å²) in [5.41, 5.74) is 0. The van der Waals surface area contributed by atoms with Gasteiger partial charge in [0.1, 0.15) is 0 Å². The number of hydrogen-bond donors (Lipinski definition) is 0. The third kappa shape index (κ3) is 23.2. The van der Waals surface area contributed by atoms with Crippen molar-refractivity contribution >= 4 is 37.1 Å². The van der Waals surface area contributed by atoms with E-state index in [-0.39, 0.29) is 0 Å². The second-order valence-corrected chi connectivity index (χ2v) is 22.6. The summed E-state index contributed by atoms with van der Waals surface area (Å²) < 4.78 is 27.8. The summed E-state index contributed by atoms with van der Waals surface area (Å²) in [4.78, 5) is 0. The van der Waals surface area contributed by atoms with Crippen molar-refractivity contribution in [3.63, 3.8) is 0 Å². The summed E-state index contributed by atoms with van der Waals surface area (Å²) in [6.45, 7) is 9.20. The maximum atomic E-state index is 6.95. The van der Waals surface area contributed by atoms with Gasteiger partial charge < -0.3 is 16.5 Å². The molecule has 0 spiro atoms. The van der Waals surface area contributed by atoms with Crippen molar-refractivity contribution in [1.82, 2.24) is 0 Å². The van der Waals surface area contributed by atoms with Crippen LogP contribution in [0.4, 0.5) is 0 Å². The Labute approximate surface area is 258 Å². The summed E-state index contributed by atoms with van der Waals surface area (Å²) in [5, 5.41) is 0. The van der Waals surface area contributed by atoms with Crippen LogP contribution in [0.2, 0.25) is 24.2 Å². The average molecular weight is 633 g/mol. The molecular formula is C32H72O4Si4. The molecule has 1 aliphatic heterocycles. The molecule has 0 bridgehead atoms. The van der Waals surface area contributed by atoms with Crippen molar-refractivity contribution in [3.05, 3.63) is 0 Å². The lowest BCUT2D eigenvalue weighted by Crippen LogP contribution is -2.48. The van der Waals surface area contributed by atoms with E-state index in [1.54, 1.807) is 0 Å². The summed E-state index contributed by atoms with van der Waals surface area (Å²) in [6, 6.07) is 4.68. The Balaban J connectivity index is 2.70. The fourth-order valence-electron chi connectivity index (χ4n) is 5.72. The van der Waals surface area contributed by atoms with Crippen LogP contribution < -0.4 is 0 Å². The lowest BCUT2D eigenvalue weighted by atomic mass is 10.1. The maximum Gasteiger partial charge on any atom is 0.303 e. The average Bonchev–Trinajstić information content (AvgIpc) is 2.94. The summed E-state index contributed by atoms with van der Waals surface area (Å²) in [5.74, 6) is 0. The fraction of sp³-hybridized carbons (Fsp3) is 1.00. The molecule has 1 fully saturated rings. The Kier molecular flexibility index (Phi) is 28.8. The zero-order chi connectivity index (χ0) is 28.9. The van der Waals surface area contributed by atoms with Gasteiger partial charge in [-0.1, -0.05) is 182 Å². The molecule has 1 aliphatic rings. The van der Waals surface area contributed by atoms with E-state index in [1.807, 2.05) is 0 Å². The smallest absolute Gasteiger partial charge is 0.303 e. The minimum atomic E-state index is -1.69. The molecule has 0 aliphatic carbocycles. The lowest BCUT2D eigenvalue weighted by Gasteiger charge is -2.34. The van der Waals surface area contributed by atoms with E-state index < -0.39 is 37.1 Å². The molecular weight excluding hydrogens is 561 g/mol. The fourth-order valence-corrected chi connectivity index (χ4v) is 21.3. The molecule has 0 aromatic heterocycles. The summed E-state index contributed by atoms with van der Waals surface area (Å²) >= 11 is 0. The molecule has 0 unspecified atom stereocenters. The van der Waals surface area contributed by atoms with Crippen LogP contribution >= 0.6 is 0 Å². The standard InChI is InChI=1S/C32H72O4Si4/c1-5-9-13-17-21-25-29-37-33-38(30-26-22-18-14-10-6-2)35-40(32-28-24-20-16-12-8-4)36-39(34-37)31-27-23-19-15-11-7-3/h37-40H,5-32H2,1-4H3. The van der Waals surface area contributed by atoms with Crippen LogP contribution in [0.15, 0.2) is 0 Å². The van der Waals surface area contributed by atoms with E-state index in [0.717, 1.165) is 0 Å². The highest BCUT2D eigenvalue weighted by Crippen LogP contribution is 2.23. The Bertz CT molecular complexity index is 421. The van der Waals surface area contributed by atoms with Gasteiger partial charge in [-0.2, -0.15) is 0 Å². The van der Waals surface area contributed by atoms with Crippen molar-refractivity contribution in [1.29, 1.82) is 0 Å².